The maximum absolute atomic E-state index is 9.66. The second kappa shape index (κ2) is 14.1. The molecule has 5 heteroatoms. The van der Waals surface area contributed by atoms with Gasteiger partial charge < -0.3 is 5.11 Å². The second-order valence-electron chi connectivity index (χ2n) is 5.69. The molecule has 1 nitrogen and oxygen atoms in total. The first-order valence-corrected chi connectivity index (χ1v) is 8.64. The molecule has 0 spiro atoms. The number of allylic oxidation sites excluding steroid dienone is 4. The Morgan fingerprint density at radius 3 is 1.75 bits per heavy atom. The minimum Gasteiger partial charge on any atom is -0.507 e. The number of hydrogen-bond donors (Lipinski definition) is 1. The number of rotatable bonds is 0. The summed E-state index contributed by atoms with van der Waals surface area (Å²) in [6.45, 7) is 14.2. The van der Waals surface area contributed by atoms with Crippen molar-refractivity contribution in [3.8, 4) is 5.75 Å². The van der Waals surface area contributed by atoms with Crippen LogP contribution in [0.15, 0.2) is 17.7 Å². The Labute approximate surface area is 175 Å². The summed E-state index contributed by atoms with van der Waals surface area (Å²) in [6, 6.07) is 0. The van der Waals surface area contributed by atoms with E-state index in [1.54, 1.807) is 0 Å². The first-order chi connectivity index (χ1) is 10.1. The quantitative estimate of drug-likeness (QED) is 0.477. The molecule has 0 heterocycles. The van der Waals surface area contributed by atoms with E-state index in [1.807, 2.05) is 20.8 Å². The molecule has 24 heavy (non-hydrogen) atoms. The fraction of sp³-hybridized carbons (Fsp3) is 0.421. The monoisotopic (exact) mass is 418 g/mol. The van der Waals surface area contributed by atoms with Gasteiger partial charge in [-0.15, -0.1) is 31.2 Å². The van der Waals surface area contributed by atoms with E-state index in [9.17, 15) is 5.11 Å². The van der Waals surface area contributed by atoms with E-state index in [2.05, 4.69) is 76.1 Å². The zero-order valence-electron chi connectivity index (χ0n) is 15.6. The molecule has 0 aliphatic heterocycles. The van der Waals surface area contributed by atoms with Gasteiger partial charge in [0.05, 0.1) is 10.2 Å². The van der Waals surface area contributed by atoms with Crippen LogP contribution in [0.2, 0.25) is 0 Å². The molecule has 0 bridgehead atoms. The van der Waals surface area contributed by atoms with E-state index in [0.717, 1.165) is 28.3 Å². The average molecular weight is 419 g/mol. The summed E-state index contributed by atoms with van der Waals surface area (Å²) in [4.78, 5) is 0. The Bertz CT molecular complexity index is 496. The van der Waals surface area contributed by atoms with Gasteiger partial charge in [-0.25, -0.2) is 11.6 Å². The number of halogens is 2. The minimum atomic E-state index is 0. The molecule has 0 saturated heterocycles. The van der Waals surface area contributed by atoms with Crippen LogP contribution < -0.4 is 5.19 Å². The smallest absolute Gasteiger partial charge is 0.121 e. The molecular weight excluding hydrogens is 391 g/mol. The van der Waals surface area contributed by atoms with Crippen molar-refractivity contribution in [1.82, 2.24) is 0 Å². The summed E-state index contributed by atoms with van der Waals surface area (Å²) in [5.74, 6) is 0.406. The molecule has 0 atom stereocenters. The van der Waals surface area contributed by atoms with Crippen LogP contribution in [-0.2, 0) is 20.0 Å². The number of phenolic OH excluding ortho intramolecular Hbond substituents is 1. The predicted molar refractivity (Wildman–Crippen MR) is 109 cm³/mol. The third-order valence-electron chi connectivity index (χ3n) is 3.45. The van der Waals surface area contributed by atoms with Gasteiger partial charge in [0.1, 0.15) is 5.75 Å². The maximum Gasteiger partial charge on any atom is 0.121 e. The van der Waals surface area contributed by atoms with Gasteiger partial charge in [0.25, 0.3) is 0 Å². The minimum absolute atomic E-state index is 0. The normalized spacial score (nSPS) is 11.0. The van der Waals surface area contributed by atoms with Gasteiger partial charge in [-0.05, 0) is 49.9 Å². The summed E-state index contributed by atoms with van der Waals surface area (Å²) < 4.78 is 1.42. The van der Waals surface area contributed by atoms with Crippen molar-refractivity contribution < 1.29 is 25.1 Å². The van der Waals surface area contributed by atoms with Gasteiger partial charge in [-0.3, -0.25) is 6.08 Å². The number of hydrogen-bond acceptors (Lipinski definition) is 1. The van der Waals surface area contributed by atoms with Crippen molar-refractivity contribution in [3.63, 3.8) is 0 Å². The number of aromatic hydroxyl groups is 1. The van der Waals surface area contributed by atoms with Gasteiger partial charge in [0, 0.05) is 0 Å². The van der Waals surface area contributed by atoms with Crippen molar-refractivity contribution >= 4 is 44.1 Å². The van der Waals surface area contributed by atoms with E-state index < -0.39 is 0 Å². The van der Waals surface area contributed by atoms with Crippen molar-refractivity contribution in [2.45, 2.75) is 54.9 Å². The molecule has 0 unspecified atom stereocenters. The summed E-state index contributed by atoms with van der Waals surface area (Å²) >= 11 is 2.08. The first-order valence-electron chi connectivity index (χ1n) is 7.36. The van der Waals surface area contributed by atoms with Gasteiger partial charge in [-0.2, -0.15) is 6.08 Å². The van der Waals surface area contributed by atoms with E-state index in [-0.39, 0.29) is 24.8 Å². The van der Waals surface area contributed by atoms with Crippen LogP contribution in [0.1, 0.15) is 49.4 Å². The molecule has 0 saturated carbocycles. The molecule has 1 aromatic carbocycles. The van der Waals surface area contributed by atoms with Crippen LogP contribution in [0, 0.1) is 33.8 Å². The molecule has 132 valence electrons. The standard InChI is InChI=1S/C10H13OSi.C6H7.C3H6.2ClH.Ti/c1-5-6(2)9(11)8(4)10(12)7(5)3;1-6-4-2-3-5-6;1-3-2;;;/h11H,1-4H3;2,4H,3H2,1H3;1-2H3;2*1H;/q;-1;;;;+1. The van der Waals surface area contributed by atoms with E-state index in [0.29, 0.717) is 5.75 Å². The molecule has 0 amide bonds. The molecule has 1 aliphatic carbocycles. The van der Waals surface area contributed by atoms with Crippen LogP contribution >= 0.6 is 24.8 Å². The third kappa shape index (κ3) is 10.0. The molecule has 2 rings (SSSR count). The van der Waals surface area contributed by atoms with Crippen molar-refractivity contribution in [3.05, 3.63) is 46.1 Å². The molecule has 1 aromatic rings. The Balaban J connectivity index is -0.000000311. The van der Waals surface area contributed by atoms with Crippen molar-refractivity contribution in [2.24, 2.45) is 0 Å². The predicted octanol–water partition coefficient (Wildman–Crippen LogP) is 4.70. The van der Waals surface area contributed by atoms with Gasteiger partial charge in [0.15, 0.2) is 0 Å². The summed E-state index contributed by atoms with van der Waals surface area (Å²) in [5, 5.41) is 10.7. The van der Waals surface area contributed by atoms with Crippen LogP contribution in [-0.4, -0.2) is 19.2 Å². The second-order valence-corrected chi connectivity index (χ2v) is 7.75. The first kappa shape index (κ1) is 28.7. The van der Waals surface area contributed by atoms with Gasteiger partial charge in [0.2, 0.25) is 0 Å². The Hall–Kier alpha value is -0.119. The Morgan fingerprint density at radius 2 is 1.46 bits per heavy atom. The Kier molecular flexibility index (Phi) is 16.8. The van der Waals surface area contributed by atoms with E-state index in [1.165, 1.54) is 14.9 Å². The van der Waals surface area contributed by atoms with Gasteiger partial charge in [-0.1, -0.05) is 12.1 Å². The summed E-state index contributed by atoms with van der Waals surface area (Å²) in [6.07, 6.45) is 8.33. The largest absolute Gasteiger partial charge is 0.507 e. The average Bonchev–Trinajstić information content (AvgIpc) is 2.92. The molecule has 0 fully saturated rings. The molecular formula is C19H28Cl2OSiTi. The zero-order valence-corrected chi connectivity index (χ0v) is 19.8. The fourth-order valence-electron chi connectivity index (χ4n) is 1.84. The topological polar surface area (TPSA) is 20.2 Å². The van der Waals surface area contributed by atoms with Crippen LogP contribution in [0.5, 0.6) is 5.75 Å². The summed E-state index contributed by atoms with van der Waals surface area (Å²) in [7, 11) is 3.51. The molecule has 1 aliphatic rings. The van der Waals surface area contributed by atoms with Gasteiger partial charge >= 0.3 is 37.6 Å². The Morgan fingerprint density at radius 1 is 1.00 bits per heavy atom. The molecule has 3 radical (unpaired) electrons. The van der Waals surface area contributed by atoms with Crippen molar-refractivity contribution in [2.75, 3.05) is 0 Å². The van der Waals surface area contributed by atoms with Crippen molar-refractivity contribution in [1.29, 1.82) is 0 Å². The fourth-order valence-corrected chi connectivity index (χ4v) is 2.15. The number of phenols is 1. The van der Waals surface area contributed by atoms with E-state index in [4.69, 9.17) is 0 Å². The van der Waals surface area contributed by atoms with Crippen LogP contribution in [0.3, 0.4) is 0 Å². The maximum atomic E-state index is 9.66. The summed E-state index contributed by atoms with van der Waals surface area (Å²) in [5.41, 5.74) is 5.54. The molecule has 1 N–H and O–H groups in total. The van der Waals surface area contributed by atoms with E-state index >= 15 is 0 Å². The zero-order chi connectivity index (χ0) is 17.4. The van der Waals surface area contributed by atoms with Crippen LogP contribution in [0.25, 0.3) is 0 Å². The number of benzene rings is 1. The van der Waals surface area contributed by atoms with Crippen LogP contribution in [0.4, 0.5) is 0 Å². The SMILES string of the molecule is CC1=[C-]CC=C1.C[C](C)=[Ti+].Cc1c(C)c(O)c(C)c([Si])c1C.Cl.Cl. The third-order valence-corrected chi connectivity index (χ3v) is 4.20. The molecule has 0 aromatic heterocycles.